The average molecular weight is 436 g/mol. The minimum absolute atomic E-state index is 0. The van der Waals surface area contributed by atoms with Crippen LogP contribution in [0, 0.1) is 0 Å². The molecule has 3 aromatic heterocycles. The smallest absolute Gasteiger partial charge is 0.272 e. The Bertz CT molecular complexity index is 937. The highest BCUT2D eigenvalue weighted by Gasteiger charge is 2.23. The number of nitrogens with one attached hydrogen (secondary N) is 2. The number of amides is 1. The SMILES string of the molecule is CSCCC(NC(=O)c1ccn(C2CCCNC2)n1)c1nnc2ccccn12.Cl. The zero-order valence-electron chi connectivity index (χ0n) is 16.3. The molecule has 1 aliphatic heterocycles. The van der Waals surface area contributed by atoms with Gasteiger partial charge in [-0.1, -0.05) is 6.07 Å². The lowest BCUT2D eigenvalue weighted by atomic mass is 10.1. The minimum atomic E-state index is -0.223. The van der Waals surface area contributed by atoms with Crippen LogP contribution in [-0.2, 0) is 0 Å². The van der Waals surface area contributed by atoms with Gasteiger partial charge in [0.05, 0.1) is 12.1 Å². The zero-order chi connectivity index (χ0) is 19.3. The summed E-state index contributed by atoms with van der Waals surface area (Å²) < 4.78 is 3.84. The number of rotatable bonds is 7. The fourth-order valence-electron chi connectivity index (χ4n) is 3.55. The maximum atomic E-state index is 12.9. The van der Waals surface area contributed by atoms with Gasteiger partial charge in [-0.25, -0.2) is 0 Å². The summed E-state index contributed by atoms with van der Waals surface area (Å²) in [5.74, 6) is 1.48. The highest BCUT2D eigenvalue weighted by molar-refractivity contribution is 7.98. The molecule has 10 heteroatoms. The Labute approximate surface area is 180 Å². The number of pyridine rings is 1. The van der Waals surface area contributed by atoms with E-state index in [4.69, 9.17) is 0 Å². The molecule has 0 aliphatic carbocycles. The summed E-state index contributed by atoms with van der Waals surface area (Å²) >= 11 is 1.74. The van der Waals surface area contributed by atoms with Crippen LogP contribution in [-0.4, -0.2) is 55.4 Å². The van der Waals surface area contributed by atoms with Crippen LogP contribution < -0.4 is 10.6 Å². The molecule has 1 aliphatic rings. The van der Waals surface area contributed by atoms with Crippen LogP contribution in [0.1, 0.15) is 47.7 Å². The highest BCUT2D eigenvalue weighted by atomic mass is 35.5. The summed E-state index contributed by atoms with van der Waals surface area (Å²) in [6.45, 7) is 1.94. The van der Waals surface area contributed by atoms with E-state index in [9.17, 15) is 4.79 Å². The van der Waals surface area contributed by atoms with Crippen LogP contribution in [0.4, 0.5) is 0 Å². The predicted octanol–water partition coefficient (Wildman–Crippen LogP) is 2.50. The van der Waals surface area contributed by atoms with Crippen molar-refractivity contribution < 1.29 is 4.79 Å². The first-order chi connectivity index (χ1) is 13.8. The molecule has 0 radical (unpaired) electrons. The van der Waals surface area contributed by atoms with Gasteiger partial charge in [0.25, 0.3) is 5.91 Å². The van der Waals surface area contributed by atoms with Crippen LogP contribution in [0.2, 0.25) is 0 Å². The number of piperidine rings is 1. The van der Waals surface area contributed by atoms with Crippen molar-refractivity contribution in [1.29, 1.82) is 0 Å². The maximum absolute atomic E-state index is 12.9. The molecule has 0 saturated carbocycles. The lowest BCUT2D eigenvalue weighted by Gasteiger charge is -2.23. The van der Waals surface area contributed by atoms with Crippen molar-refractivity contribution in [1.82, 2.24) is 35.0 Å². The van der Waals surface area contributed by atoms with Gasteiger partial charge in [0.15, 0.2) is 11.5 Å². The zero-order valence-corrected chi connectivity index (χ0v) is 18.0. The monoisotopic (exact) mass is 435 g/mol. The average Bonchev–Trinajstić information content (AvgIpc) is 3.39. The van der Waals surface area contributed by atoms with Gasteiger partial charge in [-0.05, 0) is 56.0 Å². The van der Waals surface area contributed by atoms with Crippen LogP contribution in [0.15, 0.2) is 36.7 Å². The van der Waals surface area contributed by atoms with E-state index in [0.717, 1.165) is 49.6 Å². The molecular weight excluding hydrogens is 410 g/mol. The van der Waals surface area contributed by atoms with Gasteiger partial charge in [-0.2, -0.15) is 16.9 Å². The third-order valence-electron chi connectivity index (χ3n) is 5.05. The van der Waals surface area contributed by atoms with Gasteiger partial charge in [0.2, 0.25) is 0 Å². The maximum Gasteiger partial charge on any atom is 0.272 e. The summed E-state index contributed by atoms with van der Waals surface area (Å²) in [7, 11) is 0. The first kappa shape index (κ1) is 21.6. The number of thioether (sulfide) groups is 1. The van der Waals surface area contributed by atoms with Crippen LogP contribution >= 0.6 is 24.2 Å². The van der Waals surface area contributed by atoms with Gasteiger partial charge in [-0.3, -0.25) is 13.9 Å². The van der Waals surface area contributed by atoms with Crippen molar-refractivity contribution in [2.75, 3.05) is 25.1 Å². The van der Waals surface area contributed by atoms with E-state index in [2.05, 4.69) is 32.2 Å². The second kappa shape index (κ2) is 10.1. The molecule has 1 saturated heterocycles. The molecule has 2 atom stereocenters. The van der Waals surface area contributed by atoms with E-state index in [-0.39, 0.29) is 24.4 Å². The molecule has 0 aromatic carbocycles. The Kier molecular flexibility index (Phi) is 7.51. The van der Waals surface area contributed by atoms with E-state index in [1.54, 1.807) is 17.8 Å². The van der Waals surface area contributed by atoms with E-state index >= 15 is 0 Å². The predicted molar refractivity (Wildman–Crippen MR) is 117 cm³/mol. The van der Waals surface area contributed by atoms with E-state index in [1.807, 2.05) is 39.7 Å². The Morgan fingerprint density at radius 3 is 3.03 bits per heavy atom. The Morgan fingerprint density at radius 1 is 1.34 bits per heavy atom. The summed E-state index contributed by atoms with van der Waals surface area (Å²) in [6.07, 6.45) is 8.86. The third kappa shape index (κ3) is 4.91. The number of fused-ring (bicyclic) bond motifs is 1. The van der Waals surface area contributed by atoms with E-state index in [0.29, 0.717) is 11.7 Å². The Balaban J connectivity index is 0.00000240. The minimum Gasteiger partial charge on any atom is -0.341 e. The summed E-state index contributed by atoms with van der Waals surface area (Å²) in [6, 6.07) is 7.65. The highest BCUT2D eigenvalue weighted by Crippen LogP contribution is 2.20. The number of hydrogen-bond donors (Lipinski definition) is 2. The fourth-order valence-corrected chi connectivity index (χ4v) is 4.02. The molecule has 29 heavy (non-hydrogen) atoms. The third-order valence-corrected chi connectivity index (χ3v) is 5.70. The molecule has 2 N–H and O–H groups in total. The van der Waals surface area contributed by atoms with Crippen LogP contribution in [0.5, 0.6) is 0 Å². The van der Waals surface area contributed by atoms with Crippen molar-refractivity contribution in [3.05, 3.63) is 48.2 Å². The van der Waals surface area contributed by atoms with Gasteiger partial charge >= 0.3 is 0 Å². The number of nitrogens with zero attached hydrogens (tertiary/aromatic N) is 5. The summed E-state index contributed by atoms with van der Waals surface area (Å²) in [5, 5.41) is 19.6. The van der Waals surface area contributed by atoms with Crippen molar-refractivity contribution in [3.63, 3.8) is 0 Å². The molecule has 0 spiro atoms. The summed E-state index contributed by atoms with van der Waals surface area (Å²) in [5.41, 5.74) is 1.21. The standard InChI is InChI=1S/C19H25N7OS.ClH/c1-28-12-8-15(18-23-22-17-6-2-3-10-25(17)18)21-19(27)16-7-11-26(24-16)14-5-4-9-20-13-14;/h2-3,6-7,10-11,14-15,20H,4-5,8-9,12-13H2,1H3,(H,21,27);1H. The molecule has 3 aromatic rings. The first-order valence-electron chi connectivity index (χ1n) is 9.61. The van der Waals surface area contributed by atoms with Crippen LogP contribution in [0.25, 0.3) is 5.65 Å². The Hall–Kier alpha value is -2.10. The van der Waals surface area contributed by atoms with Crippen molar-refractivity contribution in [2.24, 2.45) is 0 Å². The van der Waals surface area contributed by atoms with Gasteiger partial charge in [0, 0.05) is 18.9 Å². The molecule has 8 nitrogen and oxygen atoms in total. The van der Waals surface area contributed by atoms with Gasteiger partial charge in [0.1, 0.15) is 5.69 Å². The quantitative estimate of drug-likeness (QED) is 0.592. The van der Waals surface area contributed by atoms with Crippen molar-refractivity contribution in [2.45, 2.75) is 31.3 Å². The van der Waals surface area contributed by atoms with Crippen molar-refractivity contribution in [3.8, 4) is 0 Å². The fraction of sp³-hybridized carbons (Fsp3) is 0.474. The molecule has 2 unspecified atom stereocenters. The molecule has 1 fully saturated rings. The number of carbonyl (C=O) groups is 1. The van der Waals surface area contributed by atoms with Gasteiger partial charge < -0.3 is 10.6 Å². The van der Waals surface area contributed by atoms with Crippen molar-refractivity contribution >= 4 is 35.7 Å². The lowest BCUT2D eigenvalue weighted by Crippen LogP contribution is -2.33. The number of aromatic nitrogens is 5. The van der Waals surface area contributed by atoms with Crippen LogP contribution in [0.3, 0.4) is 0 Å². The molecule has 4 heterocycles. The first-order valence-corrected chi connectivity index (χ1v) is 11.0. The molecule has 156 valence electrons. The molecular formula is C19H26ClN7OS. The second-order valence-corrected chi connectivity index (χ2v) is 7.96. The normalized spacial score (nSPS) is 17.6. The number of halogens is 1. The topological polar surface area (TPSA) is 89.1 Å². The second-order valence-electron chi connectivity index (χ2n) is 6.98. The molecule has 1 amide bonds. The molecule has 0 bridgehead atoms. The summed E-state index contributed by atoms with van der Waals surface area (Å²) in [4.78, 5) is 12.9. The largest absolute Gasteiger partial charge is 0.341 e. The van der Waals surface area contributed by atoms with Gasteiger partial charge in [-0.15, -0.1) is 22.6 Å². The molecule has 4 rings (SSSR count). The lowest BCUT2D eigenvalue weighted by molar-refractivity contribution is 0.0927. The van der Waals surface area contributed by atoms with E-state index in [1.165, 1.54) is 0 Å². The Morgan fingerprint density at radius 2 is 2.24 bits per heavy atom. The van der Waals surface area contributed by atoms with E-state index < -0.39 is 0 Å². The number of carbonyl (C=O) groups excluding carboxylic acids is 1. The number of hydrogen-bond acceptors (Lipinski definition) is 6.